The van der Waals surface area contributed by atoms with Gasteiger partial charge in [0.15, 0.2) is 0 Å². The van der Waals surface area contributed by atoms with Crippen molar-refractivity contribution < 1.29 is 4.79 Å². The monoisotopic (exact) mass is 357 g/mol. The average Bonchev–Trinajstić information content (AvgIpc) is 2.64. The molecule has 4 nitrogen and oxygen atoms in total. The number of nitrogens with one attached hydrogen (secondary N) is 1. The number of nitrogens with zero attached hydrogens (tertiary/aromatic N) is 2. The lowest BCUT2D eigenvalue weighted by atomic mass is 9.94. The minimum absolute atomic E-state index is 0.219. The van der Waals surface area contributed by atoms with E-state index in [1.165, 1.54) is 32.1 Å². The molecule has 5 heteroatoms. The Balaban J connectivity index is 1.72. The first-order chi connectivity index (χ1) is 12.1. The molecule has 25 heavy (non-hydrogen) atoms. The van der Waals surface area contributed by atoms with E-state index < -0.39 is 0 Å². The molecule has 0 unspecified atom stereocenters. The number of rotatable bonds is 5. The Hall–Kier alpha value is -1.91. The van der Waals surface area contributed by atoms with Gasteiger partial charge in [0.2, 0.25) is 0 Å². The summed E-state index contributed by atoms with van der Waals surface area (Å²) in [4.78, 5) is 18.9. The number of carbonyl (C=O) groups excluding carboxylic acids is 1. The molecule has 2 aromatic rings. The molecule has 132 valence electrons. The number of pyridine rings is 1. The van der Waals surface area contributed by atoms with Crippen molar-refractivity contribution in [1.29, 1.82) is 0 Å². The van der Waals surface area contributed by atoms with E-state index in [0.29, 0.717) is 11.6 Å². The highest BCUT2D eigenvalue weighted by Gasteiger charge is 2.19. The fourth-order valence-corrected chi connectivity index (χ4v) is 3.65. The molecule has 0 aliphatic heterocycles. The molecule has 0 bridgehead atoms. The van der Waals surface area contributed by atoms with Crippen LogP contribution in [0.3, 0.4) is 0 Å². The van der Waals surface area contributed by atoms with Crippen molar-refractivity contribution in [3.05, 3.63) is 58.9 Å². The summed E-state index contributed by atoms with van der Waals surface area (Å²) in [6.07, 6.45) is 8.07. The van der Waals surface area contributed by atoms with Crippen LogP contribution in [0.4, 0.5) is 5.69 Å². The Morgan fingerprint density at radius 2 is 1.96 bits per heavy atom. The molecule has 0 saturated heterocycles. The Labute approximate surface area is 154 Å². The van der Waals surface area contributed by atoms with Crippen molar-refractivity contribution in [2.75, 3.05) is 12.4 Å². The summed E-state index contributed by atoms with van der Waals surface area (Å²) < 4.78 is 0. The summed E-state index contributed by atoms with van der Waals surface area (Å²) in [6, 6.07) is 12.0. The van der Waals surface area contributed by atoms with Crippen molar-refractivity contribution in [3.8, 4) is 0 Å². The van der Waals surface area contributed by atoms with Gasteiger partial charge in [-0.3, -0.25) is 9.69 Å². The lowest BCUT2D eigenvalue weighted by Gasteiger charge is -2.31. The van der Waals surface area contributed by atoms with Gasteiger partial charge in [0.25, 0.3) is 5.91 Å². The fourth-order valence-electron chi connectivity index (χ4n) is 3.44. The lowest BCUT2D eigenvalue weighted by Crippen LogP contribution is -2.33. The van der Waals surface area contributed by atoms with Gasteiger partial charge >= 0.3 is 0 Å². The smallest absolute Gasteiger partial charge is 0.258 e. The third-order valence-corrected chi connectivity index (χ3v) is 5.19. The van der Waals surface area contributed by atoms with Crippen LogP contribution in [0.15, 0.2) is 42.6 Å². The van der Waals surface area contributed by atoms with E-state index in [1.54, 1.807) is 18.3 Å². The summed E-state index contributed by atoms with van der Waals surface area (Å²) in [5, 5.41) is 3.21. The van der Waals surface area contributed by atoms with Crippen LogP contribution in [-0.4, -0.2) is 28.9 Å². The normalized spacial score (nSPS) is 15.3. The van der Waals surface area contributed by atoms with E-state index in [2.05, 4.69) is 28.3 Å². The van der Waals surface area contributed by atoms with E-state index in [4.69, 9.17) is 11.6 Å². The molecular formula is C20H24ClN3O. The third kappa shape index (κ3) is 4.59. The van der Waals surface area contributed by atoms with Crippen LogP contribution in [0.2, 0.25) is 5.15 Å². The molecule has 1 aromatic heterocycles. The molecular weight excluding hydrogens is 334 g/mol. The van der Waals surface area contributed by atoms with E-state index in [-0.39, 0.29) is 11.1 Å². The summed E-state index contributed by atoms with van der Waals surface area (Å²) in [6.45, 7) is 0.821. The highest BCUT2D eigenvalue weighted by Crippen LogP contribution is 2.25. The number of halogens is 1. The van der Waals surface area contributed by atoms with Crippen molar-refractivity contribution >= 4 is 23.2 Å². The second-order valence-corrected chi connectivity index (χ2v) is 7.02. The minimum atomic E-state index is -0.231. The fraction of sp³-hybridized carbons (Fsp3) is 0.400. The van der Waals surface area contributed by atoms with Gasteiger partial charge in [-0.2, -0.15) is 0 Å². The summed E-state index contributed by atoms with van der Waals surface area (Å²) >= 11 is 6.03. The first-order valence-corrected chi connectivity index (χ1v) is 9.23. The average molecular weight is 358 g/mol. The van der Waals surface area contributed by atoms with Gasteiger partial charge in [-0.05, 0) is 43.7 Å². The van der Waals surface area contributed by atoms with Gasteiger partial charge in [0.05, 0.1) is 5.56 Å². The second-order valence-electron chi connectivity index (χ2n) is 6.66. The summed E-state index contributed by atoms with van der Waals surface area (Å²) in [5.41, 5.74) is 2.33. The van der Waals surface area contributed by atoms with Gasteiger partial charge in [-0.25, -0.2) is 4.98 Å². The third-order valence-electron chi connectivity index (χ3n) is 4.89. The van der Waals surface area contributed by atoms with E-state index >= 15 is 0 Å². The predicted molar refractivity (Wildman–Crippen MR) is 102 cm³/mol. The number of benzene rings is 1. The van der Waals surface area contributed by atoms with Crippen molar-refractivity contribution in [3.63, 3.8) is 0 Å². The molecule has 0 atom stereocenters. The SMILES string of the molecule is CN(Cc1ccccc1NC(=O)c1cccnc1Cl)C1CCCCC1. The number of aromatic nitrogens is 1. The maximum atomic E-state index is 12.5. The summed E-state index contributed by atoms with van der Waals surface area (Å²) in [5.74, 6) is -0.231. The van der Waals surface area contributed by atoms with Crippen molar-refractivity contribution in [2.45, 2.75) is 44.7 Å². The zero-order chi connectivity index (χ0) is 17.6. The van der Waals surface area contributed by atoms with Gasteiger partial charge in [-0.1, -0.05) is 49.1 Å². The quantitative estimate of drug-likeness (QED) is 0.785. The molecule has 0 spiro atoms. The van der Waals surface area contributed by atoms with Crippen LogP contribution in [-0.2, 0) is 6.54 Å². The molecule has 1 N–H and O–H groups in total. The van der Waals surface area contributed by atoms with Gasteiger partial charge in [-0.15, -0.1) is 0 Å². The predicted octanol–water partition coefficient (Wildman–Crippen LogP) is 4.75. The number of hydrogen-bond acceptors (Lipinski definition) is 3. The topological polar surface area (TPSA) is 45.2 Å². The molecule has 1 aliphatic rings. The minimum Gasteiger partial charge on any atom is -0.322 e. The first kappa shape index (κ1) is 17.9. The van der Waals surface area contributed by atoms with Gasteiger partial charge in [0, 0.05) is 24.5 Å². The molecule has 1 aromatic carbocycles. The molecule has 1 heterocycles. The van der Waals surface area contributed by atoms with Crippen LogP contribution >= 0.6 is 11.6 Å². The van der Waals surface area contributed by atoms with Crippen LogP contribution in [0.1, 0.15) is 48.0 Å². The lowest BCUT2D eigenvalue weighted by molar-refractivity contribution is 0.102. The molecule has 0 radical (unpaired) electrons. The molecule has 1 amide bonds. The standard InChI is InChI=1S/C20H24ClN3O/c1-24(16-9-3-2-4-10-16)14-15-8-5-6-12-18(15)23-20(25)17-11-7-13-22-19(17)21/h5-8,11-13,16H,2-4,9-10,14H2,1H3,(H,23,25). The van der Waals surface area contributed by atoms with E-state index in [0.717, 1.165) is 17.8 Å². The van der Waals surface area contributed by atoms with Crippen LogP contribution in [0.25, 0.3) is 0 Å². The highest BCUT2D eigenvalue weighted by molar-refractivity contribution is 6.33. The highest BCUT2D eigenvalue weighted by atomic mass is 35.5. The van der Waals surface area contributed by atoms with Crippen molar-refractivity contribution in [2.24, 2.45) is 0 Å². The molecule has 1 saturated carbocycles. The van der Waals surface area contributed by atoms with Gasteiger partial charge in [0.1, 0.15) is 5.15 Å². The zero-order valence-corrected chi connectivity index (χ0v) is 15.3. The van der Waals surface area contributed by atoms with Gasteiger partial charge < -0.3 is 5.32 Å². The number of amides is 1. The largest absolute Gasteiger partial charge is 0.322 e. The Morgan fingerprint density at radius 3 is 2.72 bits per heavy atom. The van der Waals surface area contributed by atoms with Crippen LogP contribution in [0.5, 0.6) is 0 Å². The Bertz CT molecular complexity index is 728. The molecule has 1 aliphatic carbocycles. The molecule has 3 rings (SSSR count). The molecule has 1 fully saturated rings. The van der Waals surface area contributed by atoms with E-state index in [1.807, 2.05) is 18.2 Å². The van der Waals surface area contributed by atoms with Crippen LogP contribution < -0.4 is 5.32 Å². The maximum absolute atomic E-state index is 12.5. The zero-order valence-electron chi connectivity index (χ0n) is 14.5. The van der Waals surface area contributed by atoms with Crippen molar-refractivity contribution in [1.82, 2.24) is 9.88 Å². The number of carbonyl (C=O) groups is 1. The Morgan fingerprint density at radius 1 is 1.20 bits per heavy atom. The first-order valence-electron chi connectivity index (χ1n) is 8.85. The number of anilines is 1. The second kappa shape index (κ2) is 8.45. The number of para-hydroxylation sites is 1. The van der Waals surface area contributed by atoms with Crippen LogP contribution in [0, 0.1) is 0 Å². The number of hydrogen-bond donors (Lipinski definition) is 1. The maximum Gasteiger partial charge on any atom is 0.258 e. The Kier molecular flexibility index (Phi) is 6.05. The van der Waals surface area contributed by atoms with E-state index in [9.17, 15) is 4.79 Å². The summed E-state index contributed by atoms with van der Waals surface area (Å²) in [7, 11) is 2.17.